The van der Waals surface area contributed by atoms with E-state index in [-0.39, 0.29) is 11.5 Å². The van der Waals surface area contributed by atoms with E-state index >= 15 is 0 Å². The normalized spacial score (nSPS) is 10.9. The standard InChI is InChI=1S/C10H7N5O3/c16-9-7-8(11-10(17)12-9)15(18)14(13-7)6-4-2-1-3-5-6/h1-5,18H,(H,12,16,17). The summed E-state index contributed by atoms with van der Waals surface area (Å²) >= 11 is 0. The van der Waals surface area contributed by atoms with Crippen LogP contribution in [0.25, 0.3) is 17.2 Å². The monoisotopic (exact) mass is 245 g/mol. The lowest BCUT2D eigenvalue weighted by atomic mass is 10.3. The second-order valence-corrected chi connectivity index (χ2v) is 3.56. The zero-order valence-electron chi connectivity index (χ0n) is 8.94. The third kappa shape index (κ3) is 1.39. The summed E-state index contributed by atoms with van der Waals surface area (Å²) < 4.78 is 0. The van der Waals surface area contributed by atoms with Crippen molar-refractivity contribution in [2.75, 3.05) is 0 Å². The van der Waals surface area contributed by atoms with Gasteiger partial charge in [-0.05, 0) is 12.1 Å². The van der Waals surface area contributed by atoms with Crippen LogP contribution in [0.4, 0.5) is 0 Å². The Balaban J connectivity index is 2.37. The molecule has 3 rings (SSSR count). The molecule has 0 saturated carbocycles. The largest absolute Gasteiger partial charge is 0.410 e. The molecule has 2 aliphatic heterocycles. The van der Waals surface area contributed by atoms with Gasteiger partial charge < -0.3 is 5.21 Å². The molecule has 0 atom stereocenters. The lowest BCUT2D eigenvalue weighted by Crippen LogP contribution is -2.25. The number of aromatic nitrogens is 5. The maximum atomic E-state index is 11.5. The van der Waals surface area contributed by atoms with Gasteiger partial charge in [-0.1, -0.05) is 23.0 Å². The number of fused-ring (bicyclic) bond motifs is 1. The van der Waals surface area contributed by atoms with Crippen molar-refractivity contribution >= 4 is 0 Å². The number of hydrogen-bond donors (Lipinski definition) is 2. The number of nitrogens with one attached hydrogen (secondary N) is 1. The van der Waals surface area contributed by atoms with Crippen LogP contribution in [0.2, 0.25) is 0 Å². The van der Waals surface area contributed by atoms with Crippen LogP contribution in [0, 0.1) is 0 Å². The fourth-order valence-corrected chi connectivity index (χ4v) is 1.62. The summed E-state index contributed by atoms with van der Waals surface area (Å²) in [6.45, 7) is 0. The zero-order chi connectivity index (χ0) is 12.7. The minimum atomic E-state index is -0.831. The highest BCUT2D eigenvalue weighted by molar-refractivity contribution is 5.48. The topological polar surface area (TPSA) is 106 Å². The lowest BCUT2D eigenvalue weighted by molar-refractivity contribution is 0.123. The van der Waals surface area contributed by atoms with Gasteiger partial charge in [-0.2, -0.15) is 4.98 Å². The molecule has 0 spiro atoms. The van der Waals surface area contributed by atoms with Crippen molar-refractivity contribution in [3.05, 3.63) is 51.2 Å². The predicted molar refractivity (Wildman–Crippen MR) is 60.0 cm³/mol. The van der Waals surface area contributed by atoms with Gasteiger partial charge in [0.05, 0.1) is 5.69 Å². The van der Waals surface area contributed by atoms with Gasteiger partial charge in [0, 0.05) is 0 Å². The average molecular weight is 245 g/mol. The van der Waals surface area contributed by atoms with E-state index < -0.39 is 11.2 Å². The van der Waals surface area contributed by atoms with Crippen LogP contribution in [-0.2, 0) is 0 Å². The smallest absolute Gasteiger partial charge is 0.350 e. The van der Waals surface area contributed by atoms with Gasteiger partial charge in [0.25, 0.3) is 5.56 Å². The molecule has 0 radical (unpaired) electrons. The fraction of sp³-hybridized carbons (Fsp3) is 0. The third-order valence-corrected chi connectivity index (χ3v) is 2.41. The molecule has 1 aromatic rings. The van der Waals surface area contributed by atoms with Crippen LogP contribution >= 0.6 is 0 Å². The van der Waals surface area contributed by atoms with Crippen molar-refractivity contribution in [2.24, 2.45) is 0 Å². The Morgan fingerprint density at radius 2 is 1.89 bits per heavy atom. The van der Waals surface area contributed by atoms with Gasteiger partial charge in [0.15, 0.2) is 5.69 Å². The molecule has 0 amide bonds. The molecule has 18 heavy (non-hydrogen) atoms. The van der Waals surface area contributed by atoms with Gasteiger partial charge >= 0.3 is 5.69 Å². The Labute approximate surface area is 99.0 Å². The highest BCUT2D eigenvalue weighted by Crippen LogP contribution is 2.13. The molecular formula is C10H7N5O3. The number of H-pyrrole nitrogens is 1. The van der Waals surface area contributed by atoms with Crippen molar-refractivity contribution in [3.63, 3.8) is 0 Å². The van der Waals surface area contributed by atoms with Crippen molar-refractivity contribution in [1.29, 1.82) is 0 Å². The van der Waals surface area contributed by atoms with Crippen LogP contribution in [0.5, 0.6) is 0 Å². The molecule has 0 unspecified atom stereocenters. The SMILES string of the molecule is O=c1nc2n(O)n(-c3ccccc3)nc-2c(=O)[nH]1. The van der Waals surface area contributed by atoms with E-state index in [0.29, 0.717) is 10.5 Å². The van der Waals surface area contributed by atoms with Gasteiger partial charge in [0.2, 0.25) is 5.82 Å². The van der Waals surface area contributed by atoms with Crippen molar-refractivity contribution in [3.8, 4) is 17.2 Å². The fourth-order valence-electron chi connectivity index (χ4n) is 1.62. The maximum Gasteiger partial charge on any atom is 0.350 e. The minimum Gasteiger partial charge on any atom is -0.410 e. The molecule has 90 valence electrons. The molecule has 2 heterocycles. The van der Waals surface area contributed by atoms with E-state index in [9.17, 15) is 14.8 Å². The van der Waals surface area contributed by atoms with Crippen LogP contribution < -0.4 is 11.2 Å². The third-order valence-electron chi connectivity index (χ3n) is 2.41. The van der Waals surface area contributed by atoms with Crippen molar-refractivity contribution in [2.45, 2.75) is 0 Å². The quantitative estimate of drug-likeness (QED) is 0.560. The molecule has 2 N–H and O–H groups in total. The Morgan fingerprint density at radius 1 is 1.17 bits per heavy atom. The number of nitrogens with zero attached hydrogens (tertiary/aromatic N) is 4. The molecule has 2 aliphatic rings. The first-order valence-electron chi connectivity index (χ1n) is 5.04. The summed E-state index contributed by atoms with van der Waals surface area (Å²) in [5, 5.41) is 13.8. The number of hydrogen-bond acceptors (Lipinski definition) is 5. The Kier molecular flexibility index (Phi) is 2.03. The summed E-state index contributed by atoms with van der Waals surface area (Å²) in [6, 6.07) is 8.67. The molecule has 0 bridgehead atoms. The van der Waals surface area contributed by atoms with Crippen LogP contribution in [-0.4, -0.2) is 29.9 Å². The molecule has 0 saturated heterocycles. The van der Waals surface area contributed by atoms with E-state index in [0.717, 1.165) is 4.80 Å². The van der Waals surface area contributed by atoms with Crippen LogP contribution in [0.1, 0.15) is 0 Å². The predicted octanol–water partition coefficient (Wildman–Crippen LogP) is -0.541. The van der Waals surface area contributed by atoms with E-state index in [1.165, 1.54) is 0 Å². The van der Waals surface area contributed by atoms with E-state index in [1.807, 2.05) is 4.98 Å². The molecule has 1 aromatic carbocycles. The van der Waals surface area contributed by atoms with Crippen LogP contribution in [0.15, 0.2) is 39.9 Å². The summed E-state index contributed by atoms with van der Waals surface area (Å²) in [5.74, 6) is -0.187. The van der Waals surface area contributed by atoms with Crippen molar-refractivity contribution < 1.29 is 5.21 Å². The number of para-hydroxylation sites is 1. The second kappa shape index (κ2) is 3.55. The highest BCUT2D eigenvalue weighted by atomic mass is 16.5. The Hall–Kier alpha value is -2.90. The van der Waals surface area contributed by atoms with E-state index in [4.69, 9.17) is 0 Å². The molecular weight excluding hydrogens is 238 g/mol. The van der Waals surface area contributed by atoms with Gasteiger partial charge in [-0.25, -0.2) is 4.79 Å². The first-order valence-corrected chi connectivity index (χ1v) is 5.04. The molecule has 8 heteroatoms. The first kappa shape index (κ1) is 10.3. The number of benzene rings is 1. The van der Waals surface area contributed by atoms with E-state index in [1.54, 1.807) is 30.3 Å². The second-order valence-electron chi connectivity index (χ2n) is 3.56. The summed E-state index contributed by atoms with van der Waals surface area (Å²) in [5.41, 5.74) is -1.10. The first-order chi connectivity index (χ1) is 8.66. The zero-order valence-corrected chi connectivity index (χ0v) is 8.94. The number of aromatic amines is 1. The molecule has 0 aliphatic carbocycles. The Morgan fingerprint density at radius 3 is 2.61 bits per heavy atom. The maximum absolute atomic E-state index is 11.5. The van der Waals surface area contributed by atoms with Crippen molar-refractivity contribution in [1.82, 2.24) is 24.7 Å². The molecule has 0 fully saturated rings. The summed E-state index contributed by atoms with van der Waals surface area (Å²) in [7, 11) is 0. The number of rotatable bonds is 1. The summed E-state index contributed by atoms with van der Waals surface area (Å²) in [6.07, 6.45) is 0. The lowest BCUT2D eigenvalue weighted by Gasteiger charge is -2.02. The van der Waals surface area contributed by atoms with Crippen LogP contribution in [0.3, 0.4) is 0 Å². The molecule has 0 aromatic heterocycles. The van der Waals surface area contributed by atoms with Gasteiger partial charge in [0.1, 0.15) is 0 Å². The van der Waals surface area contributed by atoms with Gasteiger partial charge in [-0.15, -0.1) is 9.90 Å². The Bertz CT molecular complexity index is 785. The average Bonchev–Trinajstić information content (AvgIpc) is 2.69. The van der Waals surface area contributed by atoms with Gasteiger partial charge in [-0.3, -0.25) is 9.78 Å². The minimum absolute atomic E-state index is 0.110. The molecule has 8 nitrogen and oxygen atoms in total. The van der Waals surface area contributed by atoms with E-state index in [2.05, 4.69) is 10.1 Å². The summed E-state index contributed by atoms with van der Waals surface area (Å²) in [4.78, 5) is 29.7. The highest BCUT2D eigenvalue weighted by Gasteiger charge is 2.21.